The molecular weight excluding hydrogens is 417 g/mol. The number of aliphatic hydroxyl groups excluding tert-OH is 2. The molecule has 10 nitrogen and oxygen atoms in total. The summed E-state index contributed by atoms with van der Waals surface area (Å²) in [6.45, 7) is 7.39. The zero-order valence-corrected chi connectivity index (χ0v) is 18.6. The molecule has 0 aromatic heterocycles. The first-order chi connectivity index (χ1) is 13.9. The van der Waals surface area contributed by atoms with E-state index < -0.39 is 63.1 Å². The molecule has 2 aliphatic heterocycles. The molecule has 3 N–H and O–H groups in total. The van der Waals surface area contributed by atoms with Gasteiger partial charge in [0, 0.05) is 18.6 Å². The van der Waals surface area contributed by atoms with E-state index in [2.05, 4.69) is 0 Å². The summed E-state index contributed by atoms with van der Waals surface area (Å²) in [7, 11) is 6.71. The average Bonchev–Trinajstić information content (AvgIpc) is 3.06. The lowest BCUT2D eigenvalue weighted by molar-refractivity contribution is -0.0681. The van der Waals surface area contributed by atoms with Gasteiger partial charge in [-0.25, -0.2) is 4.57 Å². The second-order valence-electron chi connectivity index (χ2n) is 8.17. The van der Waals surface area contributed by atoms with Crippen molar-refractivity contribution in [2.75, 3.05) is 19.8 Å². The molecule has 2 heterocycles. The summed E-state index contributed by atoms with van der Waals surface area (Å²) in [5, 5.41) is 20.3. The minimum absolute atomic E-state index is 0.00495. The van der Waals surface area contributed by atoms with Crippen LogP contribution >= 0.6 is 7.82 Å². The number of hydrogen-bond acceptors (Lipinski definition) is 9. The molecule has 0 aromatic carbocycles. The van der Waals surface area contributed by atoms with E-state index in [-0.39, 0.29) is 18.6 Å². The van der Waals surface area contributed by atoms with E-state index in [9.17, 15) is 19.7 Å². The normalized spacial score (nSPS) is 39.1. The third kappa shape index (κ3) is 7.27. The molecule has 0 spiro atoms. The molecule has 4 radical (unpaired) electrons. The lowest BCUT2D eigenvalue weighted by Crippen LogP contribution is -2.39. The first kappa shape index (κ1) is 26.3. The molecule has 170 valence electrons. The Balaban J connectivity index is 1.95. The molecular formula is C17H31B2O10P. The fourth-order valence-corrected chi connectivity index (χ4v) is 4.04. The maximum absolute atomic E-state index is 12.5. The molecule has 2 rings (SSSR count). The van der Waals surface area contributed by atoms with E-state index in [4.69, 9.17) is 43.7 Å². The zero-order chi connectivity index (χ0) is 22.6. The highest BCUT2D eigenvalue weighted by molar-refractivity contribution is 7.47. The van der Waals surface area contributed by atoms with Crippen molar-refractivity contribution in [2.24, 2.45) is 5.92 Å². The van der Waals surface area contributed by atoms with Crippen LogP contribution in [0.2, 0.25) is 0 Å². The Bertz CT molecular complexity index is 583. The molecule has 2 fully saturated rings. The summed E-state index contributed by atoms with van der Waals surface area (Å²) in [6.07, 6.45) is -6.40. The van der Waals surface area contributed by atoms with Gasteiger partial charge in [-0.3, -0.25) is 9.05 Å². The molecule has 13 heteroatoms. The molecule has 0 saturated carbocycles. The molecule has 0 amide bonds. The predicted molar refractivity (Wildman–Crippen MR) is 107 cm³/mol. The van der Waals surface area contributed by atoms with Crippen molar-refractivity contribution in [3.63, 3.8) is 0 Å². The Morgan fingerprint density at radius 1 is 0.967 bits per heavy atom. The van der Waals surface area contributed by atoms with Crippen molar-refractivity contribution in [3.05, 3.63) is 0 Å². The predicted octanol–water partition coefficient (Wildman–Crippen LogP) is -0.537. The van der Waals surface area contributed by atoms with Crippen LogP contribution in [0.3, 0.4) is 0 Å². The quantitative estimate of drug-likeness (QED) is 0.280. The molecule has 2 aliphatic rings. The maximum Gasteiger partial charge on any atom is 0.472 e. The smallest absolute Gasteiger partial charge is 0.388 e. The van der Waals surface area contributed by atoms with Crippen LogP contribution < -0.4 is 0 Å². The minimum Gasteiger partial charge on any atom is -0.388 e. The van der Waals surface area contributed by atoms with Gasteiger partial charge in [0.1, 0.15) is 52.3 Å². The first-order valence-electron chi connectivity index (χ1n) is 9.98. The van der Waals surface area contributed by atoms with Gasteiger partial charge in [-0.2, -0.15) is 0 Å². The van der Waals surface area contributed by atoms with E-state index >= 15 is 0 Å². The van der Waals surface area contributed by atoms with Gasteiger partial charge in [-0.15, -0.1) is 0 Å². The van der Waals surface area contributed by atoms with Crippen LogP contribution in [0.5, 0.6) is 0 Å². The second-order valence-corrected chi connectivity index (χ2v) is 9.57. The van der Waals surface area contributed by atoms with Crippen molar-refractivity contribution in [2.45, 2.75) is 82.4 Å². The fourth-order valence-electron chi connectivity index (χ4n) is 3.08. The summed E-state index contributed by atoms with van der Waals surface area (Å²) in [6, 6.07) is -2.12. The van der Waals surface area contributed by atoms with Crippen LogP contribution in [0.25, 0.3) is 0 Å². The fraction of sp³-hybridized carbons (Fsp3) is 1.00. The number of hydrogen-bond donors (Lipinski definition) is 3. The topological polar surface area (TPSA) is 133 Å². The minimum atomic E-state index is -4.66. The Morgan fingerprint density at radius 3 is 2.03 bits per heavy atom. The average molecular weight is 448 g/mol. The van der Waals surface area contributed by atoms with Crippen LogP contribution in [-0.4, -0.2) is 105 Å². The number of phosphoric acid groups is 1. The number of aliphatic hydroxyl groups is 2. The van der Waals surface area contributed by atoms with E-state index in [1.165, 1.54) is 0 Å². The molecule has 0 bridgehead atoms. The number of ether oxygens (including phenoxy) is 4. The van der Waals surface area contributed by atoms with Crippen molar-refractivity contribution >= 4 is 23.5 Å². The van der Waals surface area contributed by atoms with Crippen molar-refractivity contribution in [3.8, 4) is 0 Å². The Labute approximate surface area is 179 Å². The van der Waals surface area contributed by atoms with Crippen LogP contribution in [0.15, 0.2) is 0 Å². The summed E-state index contributed by atoms with van der Waals surface area (Å²) >= 11 is 0. The van der Waals surface area contributed by atoms with Crippen LogP contribution in [0.4, 0.5) is 0 Å². The highest BCUT2D eigenvalue weighted by Crippen LogP contribution is 2.47. The summed E-state index contributed by atoms with van der Waals surface area (Å²) in [5.41, 5.74) is 0. The Kier molecular flexibility index (Phi) is 9.83. The SMILES string of the molecule is [B][C@@H]1O[C@H](COP(=O)(O)O[C@@H]2C(O)[C@H]([B])O[C@@H]2COC(C)C)[C@H](OCC(C)C)C1O. The third-order valence-corrected chi connectivity index (χ3v) is 5.60. The van der Waals surface area contributed by atoms with Gasteiger partial charge in [0.15, 0.2) is 0 Å². The summed E-state index contributed by atoms with van der Waals surface area (Å²) in [4.78, 5) is 10.1. The van der Waals surface area contributed by atoms with Gasteiger partial charge in [0.25, 0.3) is 0 Å². The van der Waals surface area contributed by atoms with Crippen molar-refractivity contribution in [1.29, 1.82) is 0 Å². The molecule has 0 aromatic rings. The zero-order valence-electron chi connectivity index (χ0n) is 17.7. The van der Waals surface area contributed by atoms with Gasteiger partial charge in [-0.05, 0) is 19.8 Å². The maximum atomic E-state index is 12.5. The molecule has 0 aliphatic carbocycles. The first-order valence-corrected chi connectivity index (χ1v) is 11.5. The monoisotopic (exact) mass is 448 g/mol. The van der Waals surface area contributed by atoms with Crippen LogP contribution in [0, 0.1) is 5.92 Å². The molecule has 3 unspecified atom stereocenters. The van der Waals surface area contributed by atoms with Gasteiger partial charge in [-0.1, -0.05) is 13.8 Å². The van der Waals surface area contributed by atoms with Crippen molar-refractivity contribution in [1.82, 2.24) is 0 Å². The van der Waals surface area contributed by atoms with E-state index in [0.717, 1.165) is 0 Å². The molecule has 30 heavy (non-hydrogen) atoms. The van der Waals surface area contributed by atoms with Gasteiger partial charge in [0.05, 0.1) is 19.3 Å². The standard InChI is InChI=1S/C17H31B2O10P/c1-8(2)5-25-14-11(28-16(18)12(14)20)7-26-30(22,23)29-15-10(6-24-9(3)4)27-17(19)13(15)21/h8-17,20-21H,5-7H2,1-4H3,(H,22,23)/t10-,11-,12?,13?,14+,15+,16-,17-/m1/s1. The van der Waals surface area contributed by atoms with E-state index in [1.54, 1.807) is 13.8 Å². The molecule has 9 atom stereocenters. The Hall–Kier alpha value is -0.000130. The summed E-state index contributed by atoms with van der Waals surface area (Å²) in [5.74, 6) is 0.195. The second kappa shape index (κ2) is 11.2. The molecule has 2 saturated heterocycles. The van der Waals surface area contributed by atoms with Crippen LogP contribution in [0.1, 0.15) is 27.7 Å². The highest BCUT2D eigenvalue weighted by Gasteiger charge is 2.47. The number of rotatable bonds is 11. The third-order valence-electron chi connectivity index (χ3n) is 4.62. The van der Waals surface area contributed by atoms with E-state index in [0.29, 0.717) is 6.61 Å². The van der Waals surface area contributed by atoms with Crippen molar-refractivity contribution < 1.29 is 47.7 Å². The van der Waals surface area contributed by atoms with Gasteiger partial charge < -0.3 is 34.1 Å². The largest absolute Gasteiger partial charge is 0.472 e. The van der Waals surface area contributed by atoms with E-state index in [1.807, 2.05) is 13.8 Å². The lowest BCUT2D eigenvalue weighted by atomic mass is 9.93. The van der Waals surface area contributed by atoms with Gasteiger partial charge >= 0.3 is 7.82 Å². The Morgan fingerprint density at radius 2 is 1.50 bits per heavy atom. The summed E-state index contributed by atoms with van der Waals surface area (Å²) < 4.78 is 44.4. The lowest BCUT2D eigenvalue weighted by Gasteiger charge is -2.26. The number of phosphoric ester groups is 1. The van der Waals surface area contributed by atoms with Crippen LogP contribution in [-0.2, 0) is 32.6 Å². The highest BCUT2D eigenvalue weighted by atomic mass is 31.2. The van der Waals surface area contributed by atoms with Gasteiger partial charge in [0.2, 0.25) is 0 Å².